The first kappa shape index (κ1) is 12.2. The summed E-state index contributed by atoms with van der Waals surface area (Å²) in [7, 11) is 0. The third-order valence-electron chi connectivity index (χ3n) is 2.60. The van der Waals surface area contributed by atoms with Gasteiger partial charge in [0.1, 0.15) is 11.5 Å². The van der Waals surface area contributed by atoms with Crippen molar-refractivity contribution in [1.82, 2.24) is 5.32 Å². The van der Waals surface area contributed by atoms with E-state index in [1.807, 2.05) is 13.8 Å². The van der Waals surface area contributed by atoms with Gasteiger partial charge in [0.2, 0.25) is 5.78 Å². The van der Waals surface area contributed by atoms with Crippen molar-refractivity contribution in [3.8, 4) is 11.5 Å². The van der Waals surface area contributed by atoms with Crippen molar-refractivity contribution in [2.45, 2.75) is 19.9 Å². The zero-order valence-corrected chi connectivity index (χ0v) is 10.0. The number of aromatic hydroxyl groups is 2. The fourth-order valence-corrected chi connectivity index (χ4v) is 1.88. The van der Waals surface area contributed by atoms with Gasteiger partial charge < -0.3 is 15.5 Å². The molecule has 0 aliphatic heterocycles. The van der Waals surface area contributed by atoms with Gasteiger partial charge in [0.25, 0.3) is 0 Å². The monoisotopic (exact) mass is 247 g/mol. The van der Waals surface area contributed by atoms with Crippen LogP contribution in [-0.2, 0) is 0 Å². The second-order valence-corrected chi connectivity index (χ2v) is 4.40. The maximum absolute atomic E-state index is 12.1. The van der Waals surface area contributed by atoms with Crippen LogP contribution in [0.15, 0.2) is 23.9 Å². The summed E-state index contributed by atoms with van der Waals surface area (Å²) in [5, 5.41) is 22.1. The summed E-state index contributed by atoms with van der Waals surface area (Å²) in [6.07, 6.45) is 1.14. The lowest BCUT2D eigenvalue weighted by Crippen LogP contribution is -2.31. The first-order valence-electron chi connectivity index (χ1n) is 5.54. The van der Waals surface area contributed by atoms with Crippen molar-refractivity contribution in [2.75, 3.05) is 0 Å². The topological polar surface area (TPSA) is 86.6 Å². The molecule has 0 spiro atoms. The molecule has 0 bridgehead atoms. The zero-order valence-electron chi connectivity index (χ0n) is 10.0. The van der Waals surface area contributed by atoms with Crippen LogP contribution in [0.25, 0.3) is 0 Å². The van der Waals surface area contributed by atoms with Gasteiger partial charge >= 0.3 is 0 Å². The number of Topliss-reactive ketones (excluding diaryl/α,β-unsaturated/α-hetero) is 1. The molecule has 18 heavy (non-hydrogen) atoms. The van der Waals surface area contributed by atoms with Crippen LogP contribution in [0.2, 0.25) is 0 Å². The van der Waals surface area contributed by atoms with Crippen molar-refractivity contribution in [1.29, 1.82) is 0 Å². The molecule has 0 heterocycles. The van der Waals surface area contributed by atoms with Crippen molar-refractivity contribution in [3.63, 3.8) is 0 Å². The highest BCUT2D eigenvalue weighted by atomic mass is 16.3. The number of benzene rings is 1. The van der Waals surface area contributed by atoms with Crippen LogP contribution in [0, 0.1) is 0 Å². The van der Waals surface area contributed by atoms with E-state index in [-0.39, 0.29) is 34.4 Å². The average molecular weight is 247 g/mol. The summed E-state index contributed by atoms with van der Waals surface area (Å²) in [5.41, 5.74) is -0.164. The number of nitrogens with one attached hydrogen (secondary N) is 1. The molecule has 2 rings (SSSR count). The second kappa shape index (κ2) is 4.18. The molecule has 0 atom stereocenters. The Labute approximate surface area is 104 Å². The Balaban J connectivity index is 2.58. The highest BCUT2D eigenvalue weighted by molar-refractivity contribution is 6.26. The fraction of sp³-hybridized carbons (Fsp3) is 0.231. The Morgan fingerprint density at radius 3 is 2.17 bits per heavy atom. The number of phenols is 2. The molecule has 0 saturated heterocycles. The molecule has 0 radical (unpaired) electrons. The highest BCUT2D eigenvalue weighted by Gasteiger charge is 2.31. The number of rotatable bonds is 2. The number of hydrogen-bond donors (Lipinski definition) is 3. The molecule has 1 aromatic carbocycles. The zero-order chi connectivity index (χ0) is 13.4. The number of carbonyl (C=O) groups excluding carboxylic acids is 2. The normalized spacial score (nSPS) is 14.5. The van der Waals surface area contributed by atoms with Gasteiger partial charge in [-0.2, -0.15) is 0 Å². The van der Waals surface area contributed by atoms with Gasteiger partial charge in [-0.25, -0.2) is 0 Å². The van der Waals surface area contributed by atoms with E-state index in [0.29, 0.717) is 0 Å². The molecule has 1 aliphatic carbocycles. The van der Waals surface area contributed by atoms with Gasteiger partial charge in [-0.1, -0.05) is 0 Å². The summed E-state index contributed by atoms with van der Waals surface area (Å²) >= 11 is 0. The predicted octanol–water partition coefficient (Wildman–Crippen LogP) is 1.36. The number of phenolic OH excluding ortho intramolecular Hbond substituents is 2. The SMILES string of the molecule is CC(C)NC1=CC(=O)c2c(O)ccc(O)c2C1=O. The first-order chi connectivity index (χ1) is 8.41. The second-order valence-electron chi connectivity index (χ2n) is 4.40. The predicted molar refractivity (Wildman–Crippen MR) is 64.8 cm³/mol. The summed E-state index contributed by atoms with van der Waals surface area (Å²) < 4.78 is 0. The van der Waals surface area contributed by atoms with Gasteiger partial charge in [0.05, 0.1) is 16.8 Å². The van der Waals surface area contributed by atoms with Gasteiger partial charge in [0.15, 0.2) is 5.78 Å². The van der Waals surface area contributed by atoms with Crippen LogP contribution >= 0.6 is 0 Å². The van der Waals surface area contributed by atoms with Gasteiger partial charge in [-0.05, 0) is 26.0 Å². The minimum atomic E-state index is -0.499. The molecule has 0 aromatic heterocycles. The van der Waals surface area contributed by atoms with Crippen molar-refractivity contribution in [2.24, 2.45) is 0 Å². The molecule has 0 fully saturated rings. The van der Waals surface area contributed by atoms with Crippen LogP contribution in [0.1, 0.15) is 34.6 Å². The van der Waals surface area contributed by atoms with E-state index in [1.165, 1.54) is 12.1 Å². The highest BCUT2D eigenvalue weighted by Crippen LogP contribution is 2.34. The smallest absolute Gasteiger partial charge is 0.213 e. The molecule has 0 saturated carbocycles. The Kier molecular flexibility index (Phi) is 2.82. The number of allylic oxidation sites excluding steroid dienone is 2. The average Bonchev–Trinajstić information content (AvgIpc) is 2.28. The van der Waals surface area contributed by atoms with Crippen LogP contribution in [0.5, 0.6) is 11.5 Å². The quantitative estimate of drug-likeness (QED) is 0.687. The van der Waals surface area contributed by atoms with Crippen molar-refractivity contribution >= 4 is 11.6 Å². The molecule has 0 amide bonds. The van der Waals surface area contributed by atoms with Gasteiger partial charge in [0, 0.05) is 12.1 Å². The van der Waals surface area contributed by atoms with E-state index in [9.17, 15) is 19.8 Å². The third-order valence-corrected chi connectivity index (χ3v) is 2.60. The molecule has 1 aliphatic rings. The van der Waals surface area contributed by atoms with Crippen LogP contribution in [-0.4, -0.2) is 27.8 Å². The van der Waals surface area contributed by atoms with Crippen LogP contribution < -0.4 is 5.32 Å². The number of ketones is 2. The van der Waals surface area contributed by atoms with Crippen LogP contribution in [0.3, 0.4) is 0 Å². The molecule has 0 unspecified atom stereocenters. The molecule has 5 nitrogen and oxygen atoms in total. The summed E-state index contributed by atoms with van der Waals surface area (Å²) in [6.45, 7) is 3.66. The Bertz CT molecular complexity index is 573. The first-order valence-corrected chi connectivity index (χ1v) is 5.54. The van der Waals surface area contributed by atoms with E-state index in [0.717, 1.165) is 6.08 Å². The molecule has 94 valence electrons. The maximum atomic E-state index is 12.1. The van der Waals surface area contributed by atoms with Crippen molar-refractivity contribution < 1.29 is 19.8 Å². The van der Waals surface area contributed by atoms with Crippen LogP contribution in [0.4, 0.5) is 0 Å². The number of fused-ring (bicyclic) bond motifs is 1. The number of carbonyl (C=O) groups is 2. The van der Waals surface area contributed by atoms with E-state index >= 15 is 0 Å². The van der Waals surface area contributed by atoms with E-state index in [1.54, 1.807) is 0 Å². The maximum Gasteiger partial charge on any atom is 0.213 e. The van der Waals surface area contributed by atoms with Crippen molar-refractivity contribution in [3.05, 3.63) is 35.0 Å². The summed E-state index contributed by atoms with van der Waals surface area (Å²) in [4.78, 5) is 24.0. The fourth-order valence-electron chi connectivity index (χ4n) is 1.88. The standard InChI is InChI=1S/C13H13NO4/c1-6(2)14-7-5-10(17)11-8(15)3-4-9(16)12(11)13(7)18/h3-6,14-16H,1-2H3. The Morgan fingerprint density at radius 2 is 1.61 bits per heavy atom. The largest absolute Gasteiger partial charge is 0.507 e. The minimum Gasteiger partial charge on any atom is -0.507 e. The summed E-state index contributed by atoms with van der Waals surface area (Å²) in [6, 6.07) is 2.36. The molecular weight excluding hydrogens is 234 g/mol. The molecule has 5 heteroatoms. The van der Waals surface area contributed by atoms with Gasteiger partial charge in [-0.3, -0.25) is 9.59 Å². The molecule has 1 aromatic rings. The lowest BCUT2D eigenvalue weighted by atomic mass is 9.91. The van der Waals surface area contributed by atoms with E-state index in [2.05, 4.69) is 5.32 Å². The van der Waals surface area contributed by atoms with E-state index < -0.39 is 11.6 Å². The minimum absolute atomic E-state index is 0.0194. The Morgan fingerprint density at radius 1 is 1.06 bits per heavy atom. The Hall–Kier alpha value is -2.30. The molecular formula is C13H13NO4. The lowest BCUT2D eigenvalue weighted by Gasteiger charge is -2.19. The van der Waals surface area contributed by atoms with Gasteiger partial charge in [-0.15, -0.1) is 0 Å². The number of hydrogen-bond acceptors (Lipinski definition) is 5. The van der Waals surface area contributed by atoms with E-state index in [4.69, 9.17) is 0 Å². The lowest BCUT2D eigenvalue weighted by molar-refractivity contribution is 0.0972. The third kappa shape index (κ3) is 1.84. The molecule has 3 N–H and O–H groups in total. The summed E-state index contributed by atoms with van der Waals surface area (Å²) in [5.74, 6) is -1.61.